The van der Waals surface area contributed by atoms with E-state index in [1.807, 2.05) is 6.92 Å². The molecule has 0 spiro atoms. The maximum Gasteiger partial charge on any atom is 0.426 e. The normalized spacial score (nSPS) is 9.60. The Hall–Kier alpha value is -1.56. The fraction of sp³-hybridized carbons (Fsp3) is 0.143. The van der Waals surface area contributed by atoms with E-state index in [1.54, 1.807) is 12.1 Å². The molecule has 1 aromatic carbocycles. The molecule has 0 unspecified atom stereocenters. The van der Waals surface area contributed by atoms with Gasteiger partial charge in [0, 0.05) is 10.5 Å². The van der Waals surface area contributed by atoms with Gasteiger partial charge in [0.15, 0.2) is 4.98 Å². The number of hydrogen-bond acceptors (Lipinski definition) is 2. The van der Waals surface area contributed by atoms with Gasteiger partial charge in [-0.2, -0.15) is 0 Å². The van der Waals surface area contributed by atoms with Crippen molar-refractivity contribution in [1.29, 1.82) is 5.39 Å². The summed E-state index contributed by atoms with van der Waals surface area (Å²) in [5.41, 5.74) is 1.13. The highest BCUT2D eigenvalue weighted by atomic mass is 16.3. The Balaban J connectivity index is 0. The van der Waals surface area contributed by atoms with Crippen molar-refractivity contribution in [2.24, 2.45) is 0 Å². The number of nitrogens with zero attached hydrogens (tertiary/aromatic N) is 2. The van der Waals surface area contributed by atoms with Crippen LogP contribution in [0.25, 0.3) is 4.98 Å². The first-order valence-corrected chi connectivity index (χ1v) is 2.89. The van der Waals surface area contributed by atoms with Gasteiger partial charge in [0.1, 0.15) is 0 Å². The molecule has 0 aliphatic carbocycles. The summed E-state index contributed by atoms with van der Waals surface area (Å²) in [4.78, 5) is 2.86. The maximum absolute atomic E-state index is 9.04. The molecule has 3 heteroatoms. The topological polar surface area (TPSA) is 48.4 Å². The number of phenols is 1. The standard InChI is InChI=1S/C7H6N2O.2H2/c1-5-2-3-6(9-8)7(10)4-5;;/h2-4H,1H3;2*1H/p+1/i;1+1D;1+1. The number of aryl methyl sites for hydroxylation is 1. The molecule has 1 N–H and O–H groups in total. The first-order valence-electron chi connectivity index (χ1n) is 3.89. The van der Waals surface area contributed by atoms with E-state index < -0.39 is 0 Å². The third kappa shape index (κ3) is 1.06. The molecule has 1 rings (SSSR count). The summed E-state index contributed by atoms with van der Waals surface area (Å²) in [6.07, 6.45) is 0. The van der Waals surface area contributed by atoms with Crippen LogP contribution in [0.5, 0.6) is 5.75 Å². The van der Waals surface area contributed by atoms with Crippen molar-refractivity contribution in [1.82, 2.24) is 0 Å². The monoisotopic (exact) mass is 142 g/mol. The highest BCUT2D eigenvalue weighted by Crippen LogP contribution is 2.26. The molecule has 0 bridgehead atoms. The van der Waals surface area contributed by atoms with E-state index in [1.165, 1.54) is 6.07 Å². The van der Waals surface area contributed by atoms with Crippen LogP contribution in [0.2, 0.25) is 0 Å². The zero-order valence-electron chi connectivity index (χ0n) is 7.57. The van der Waals surface area contributed by atoms with Crippen LogP contribution >= 0.6 is 0 Å². The Morgan fingerprint density at radius 2 is 2.40 bits per heavy atom. The molecule has 0 saturated carbocycles. The second-order valence-corrected chi connectivity index (χ2v) is 2.09. The zero-order valence-corrected chi connectivity index (χ0v) is 5.57. The quantitative estimate of drug-likeness (QED) is 0.566. The Labute approximate surface area is 63.1 Å². The average molecular weight is 142 g/mol. The summed E-state index contributed by atoms with van der Waals surface area (Å²) in [6, 6.07) is 4.84. The predicted octanol–water partition coefficient (Wildman–Crippen LogP) is 2.68. The van der Waals surface area contributed by atoms with Crippen LogP contribution in [-0.2, 0) is 0 Å². The van der Waals surface area contributed by atoms with Gasteiger partial charge in [0.05, 0.1) is 0 Å². The van der Waals surface area contributed by atoms with Crippen LogP contribution in [-0.4, -0.2) is 5.11 Å². The molecular formula is C7H11N2O+. The Bertz CT molecular complexity index is 298. The largest absolute Gasteiger partial charge is 0.501 e. The van der Waals surface area contributed by atoms with E-state index in [2.05, 4.69) is 4.98 Å². The van der Waals surface area contributed by atoms with Crippen LogP contribution in [0.1, 0.15) is 9.96 Å². The van der Waals surface area contributed by atoms with Gasteiger partial charge in [-0.25, -0.2) is 0 Å². The SMILES string of the molecule is Cc1ccc([N+]#N)c(O)c1.[2HH].[2H][2H]. The molecule has 3 nitrogen and oxygen atoms in total. The minimum absolute atomic E-state index is 0. The summed E-state index contributed by atoms with van der Waals surface area (Å²) in [5.74, 6) is 0.00231. The molecule has 10 heavy (non-hydrogen) atoms. The summed E-state index contributed by atoms with van der Waals surface area (Å²) < 4.78 is 10.0. The zero-order chi connectivity index (χ0) is 9.56. The number of phenolic OH excluding ortho intramolecular Hbond substituents is 1. The van der Waals surface area contributed by atoms with Crippen molar-refractivity contribution in [2.45, 2.75) is 6.92 Å². The highest BCUT2D eigenvalue weighted by molar-refractivity contribution is 5.56. The van der Waals surface area contributed by atoms with Gasteiger partial charge >= 0.3 is 5.69 Å². The number of benzene rings is 1. The second-order valence-electron chi connectivity index (χ2n) is 2.09. The molecule has 0 aliphatic heterocycles. The molecule has 54 valence electrons. The maximum atomic E-state index is 9.04. The first kappa shape index (κ1) is 5.24. The molecule has 0 amide bonds. The summed E-state index contributed by atoms with van der Waals surface area (Å²) in [6.45, 7) is 1.85. The van der Waals surface area contributed by atoms with Crippen molar-refractivity contribution < 1.29 is 9.50 Å². The molecule has 0 radical (unpaired) electrons. The molecule has 0 fully saturated rings. The molecular weight excluding hydrogens is 128 g/mol. The van der Waals surface area contributed by atoms with Gasteiger partial charge in [-0.15, -0.1) is 0 Å². The Morgan fingerprint density at radius 1 is 1.70 bits per heavy atom. The lowest BCUT2D eigenvalue weighted by atomic mass is 10.2. The van der Waals surface area contributed by atoms with E-state index in [0.29, 0.717) is 0 Å². The number of hydrogen-bond donors (Lipinski definition) is 1. The van der Waals surface area contributed by atoms with Crippen molar-refractivity contribution >= 4 is 5.69 Å². The average Bonchev–Trinajstić information content (AvgIpc) is 2.08. The van der Waals surface area contributed by atoms with E-state index in [9.17, 15) is 0 Å². The van der Waals surface area contributed by atoms with Crippen molar-refractivity contribution in [2.75, 3.05) is 0 Å². The van der Waals surface area contributed by atoms with Crippen molar-refractivity contribution in [3.8, 4) is 5.75 Å². The lowest BCUT2D eigenvalue weighted by Gasteiger charge is -1.87. The smallest absolute Gasteiger partial charge is 0.426 e. The molecule has 0 atom stereocenters. The minimum Gasteiger partial charge on any atom is -0.501 e. The van der Waals surface area contributed by atoms with E-state index in [-0.39, 0.29) is 12.9 Å². The van der Waals surface area contributed by atoms with Gasteiger partial charge in [-0.1, -0.05) is 6.07 Å². The van der Waals surface area contributed by atoms with Crippen LogP contribution < -0.4 is 0 Å². The van der Waals surface area contributed by atoms with E-state index in [4.69, 9.17) is 13.5 Å². The molecule has 0 saturated heterocycles. The second kappa shape index (κ2) is 2.36. The van der Waals surface area contributed by atoms with Gasteiger partial charge in [-0.3, -0.25) is 0 Å². The fourth-order valence-corrected chi connectivity index (χ4v) is 0.718. The summed E-state index contributed by atoms with van der Waals surface area (Å²) in [5, 5.41) is 17.3. The number of diazo groups is 1. The molecule has 0 aromatic heterocycles. The number of rotatable bonds is 0. The first-order chi connectivity index (χ1) is 5.74. The van der Waals surface area contributed by atoms with E-state index in [0.717, 1.165) is 5.56 Å². The predicted molar refractivity (Wildman–Crippen MR) is 41.8 cm³/mol. The highest BCUT2D eigenvalue weighted by Gasteiger charge is 2.10. The van der Waals surface area contributed by atoms with Crippen LogP contribution in [0.4, 0.5) is 5.69 Å². The lowest BCUT2D eigenvalue weighted by molar-refractivity contribution is 0.478. The fourth-order valence-electron chi connectivity index (χ4n) is 0.718. The Kier molecular flexibility index (Phi) is 1.24. The van der Waals surface area contributed by atoms with Crippen LogP contribution in [0.3, 0.4) is 0 Å². The van der Waals surface area contributed by atoms with Gasteiger partial charge in [0.2, 0.25) is 11.1 Å². The molecule has 0 heterocycles. The third-order valence-corrected chi connectivity index (χ3v) is 1.24. The van der Waals surface area contributed by atoms with E-state index >= 15 is 0 Å². The molecule has 1 aromatic rings. The molecule has 0 aliphatic rings. The number of aromatic hydroxyl groups is 1. The van der Waals surface area contributed by atoms with Crippen molar-refractivity contribution in [3.05, 3.63) is 28.7 Å². The van der Waals surface area contributed by atoms with Gasteiger partial charge < -0.3 is 5.11 Å². The third-order valence-electron chi connectivity index (χ3n) is 1.24. The van der Waals surface area contributed by atoms with Crippen LogP contribution in [0, 0.1) is 12.3 Å². The Morgan fingerprint density at radius 3 is 2.90 bits per heavy atom. The summed E-state index contributed by atoms with van der Waals surface area (Å²) >= 11 is 0. The van der Waals surface area contributed by atoms with Crippen molar-refractivity contribution in [3.63, 3.8) is 0 Å². The van der Waals surface area contributed by atoms with Crippen LogP contribution in [0.15, 0.2) is 18.2 Å². The van der Waals surface area contributed by atoms with Gasteiger partial charge in [0.25, 0.3) is 0 Å². The summed E-state index contributed by atoms with van der Waals surface area (Å²) in [7, 11) is 0. The van der Waals surface area contributed by atoms with Gasteiger partial charge in [-0.05, 0) is 18.6 Å². The minimum atomic E-state index is 0. The lowest BCUT2D eigenvalue weighted by Crippen LogP contribution is -1.69.